The Morgan fingerprint density at radius 1 is 1.14 bits per heavy atom. The summed E-state index contributed by atoms with van der Waals surface area (Å²) in [5, 5.41) is 17.9. The number of tetrazole rings is 1. The largest absolute Gasteiger partial charge is 0.497 e. The molecular formula is C33H44N8O8S. The van der Waals surface area contributed by atoms with E-state index in [4.69, 9.17) is 9.47 Å². The van der Waals surface area contributed by atoms with Crippen molar-refractivity contribution in [2.75, 3.05) is 13.7 Å². The molecule has 270 valence electrons. The summed E-state index contributed by atoms with van der Waals surface area (Å²) >= 11 is 0. The van der Waals surface area contributed by atoms with E-state index in [1.54, 1.807) is 31.4 Å². The Bertz CT molecular complexity index is 1740. The minimum absolute atomic E-state index is 0.00175. The van der Waals surface area contributed by atoms with Crippen molar-refractivity contribution in [3.8, 4) is 17.1 Å². The van der Waals surface area contributed by atoms with E-state index in [1.165, 1.54) is 15.8 Å². The van der Waals surface area contributed by atoms with Crippen molar-refractivity contribution in [1.29, 1.82) is 0 Å². The van der Waals surface area contributed by atoms with Gasteiger partial charge in [0.25, 0.3) is 5.91 Å². The summed E-state index contributed by atoms with van der Waals surface area (Å²) in [7, 11) is -2.32. The van der Waals surface area contributed by atoms with Gasteiger partial charge in [-0.05, 0) is 73.9 Å². The predicted octanol–water partition coefficient (Wildman–Crippen LogP) is 1.85. The van der Waals surface area contributed by atoms with E-state index in [2.05, 4.69) is 37.3 Å². The van der Waals surface area contributed by atoms with Crippen molar-refractivity contribution in [2.45, 2.75) is 100 Å². The zero-order chi connectivity index (χ0) is 35.8. The number of likely N-dealkylation sites (tertiary alicyclic amines) is 1. The summed E-state index contributed by atoms with van der Waals surface area (Å²) in [4.78, 5) is 57.5. The highest BCUT2D eigenvalue weighted by atomic mass is 32.2. The lowest BCUT2D eigenvalue weighted by atomic mass is 9.96. The molecule has 17 heteroatoms. The number of methoxy groups -OCH3 is 1. The van der Waals surface area contributed by atoms with Crippen molar-refractivity contribution in [1.82, 2.24) is 40.5 Å². The molecule has 1 unspecified atom stereocenters. The summed E-state index contributed by atoms with van der Waals surface area (Å²) < 4.78 is 38.2. The van der Waals surface area contributed by atoms with Gasteiger partial charge in [-0.15, -0.1) is 16.8 Å². The molecule has 1 aromatic carbocycles. The number of ether oxygens (including phenoxy) is 2. The van der Waals surface area contributed by atoms with E-state index in [9.17, 15) is 27.6 Å². The van der Waals surface area contributed by atoms with Gasteiger partial charge in [-0.3, -0.25) is 19.1 Å². The van der Waals surface area contributed by atoms with Crippen LogP contribution in [0.15, 0.2) is 36.9 Å². The molecular weight excluding hydrogens is 668 g/mol. The maximum absolute atomic E-state index is 14.4. The lowest BCUT2D eigenvalue weighted by Crippen LogP contribution is -2.59. The highest BCUT2D eigenvalue weighted by molar-refractivity contribution is 7.91. The maximum atomic E-state index is 14.4. The van der Waals surface area contributed by atoms with Crippen LogP contribution in [0.25, 0.3) is 11.4 Å². The second-order valence-electron chi connectivity index (χ2n) is 13.7. The van der Waals surface area contributed by atoms with Crippen LogP contribution >= 0.6 is 0 Å². The van der Waals surface area contributed by atoms with Crippen LogP contribution in [0.4, 0.5) is 4.79 Å². The molecule has 0 spiro atoms. The molecule has 1 saturated heterocycles. The maximum Gasteiger partial charge on any atom is 0.408 e. The molecule has 6 rings (SSSR count). The summed E-state index contributed by atoms with van der Waals surface area (Å²) in [5.74, 6) is -1.84. The average Bonchev–Trinajstić information content (AvgIpc) is 3.97. The van der Waals surface area contributed by atoms with Crippen molar-refractivity contribution < 1.29 is 37.1 Å². The third kappa shape index (κ3) is 7.18. The van der Waals surface area contributed by atoms with Gasteiger partial charge in [0.05, 0.1) is 18.4 Å². The Balaban J connectivity index is 1.26. The fraction of sp³-hybridized carbons (Fsp3) is 0.606. The first kappa shape index (κ1) is 35.3. The van der Waals surface area contributed by atoms with E-state index >= 15 is 0 Å². The number of nitrogens with one attached hydrogen (secondary N) is 3. The topological polar surface area (TPSA) is 204 Å². The highest BCUT2D eigenvalue weighted by Gasteiger charge is 2.62. The van der Waals surface area contributed by atoms with Crippen molar-refractivity contribution in [3.05, 3.63) is 36.9 Å². The fourth-order valence-corrected chi connectivity index (χ4v) is 7.75. The first-order valence-electron chi connectivity index (χ1n) is 17.1. The number of sulfonamides is 1. The lowest BCUT2D eigenvalue weighted by molar-refractivity contribution is -0.142. The zero-order valence-electron chi connectivity index (χ0n) is 28.4. The number of rotatable bonds is 14. The highest BCUT2D eigenvalue weighted by Crippen LogP contribution is 2.45. The van der Waals surface area contributed by atoms with Crippen LogP contribution in [0.2, 0.25) is 0 Å². The zero-order valence-corrected chi connectivity index (χ0v) is 29.2. The number of nitrogens with zero attached hydrogens (tertiary/aromatic N) is 5. The van der Waals surface area contributed by atoms with Crippen molar-refractivity contribution in [2.24, 2.45) is 11.8 Å². The third-order valence-electron chi connectivity index (χ3n) is 10.3. The molecule has 1 aromatic heterocycles. The van der Waals surface area contributed by atoms with Gasteiger partial charge < -0.3 is 25.0 Å². The first-order chi connectivity index (χ1) is 23.9. The van der Waals surface area contributed by atoms with E-state index in [0.29, 0.717) is 36.4 Å². The molecule has 0 radical (unpaired) electrons. The summed E-state index contributed by atoms with van der Waals surface area (Å²) in [6.45, 7) is 7.48. The van der Waals surface area contributed by atoms with Crippen molar-refractivity contribution in [3.63, 3.8) is 0 Å². The number of hydrogen-bond acceptors (Lipinski definition) is 11. The number of carbonyl (C=O) groups excluding carboxylic acids is 4. The predicted molar refractivity (Wildman–Crippen MR) is 179 cm³/mol. The van der Waals surface area contributed by atoms with Gasteiger partial charge in [0.1, 0.15) is 29.5 Å². The average molecular weight is 713 g/mol. The van der Waals surface area contributed by atoms with Crippen LogP contribution in [-0.4, -0.2) is 100.0 Å². The molecule has 3 saturated carbocycles. The molecule has 1 aliphatic heterocycles. The van der Waals surface area contributed by atoms with Gasteiger partial charge >= 0.3 is 6.09 Å². The van der Waals surface area contributed by atoms with Crippen LogP contribution in [0.1, 0.15) is 71.3 Å². The Kier molecular flexibility index (Phi) is 9.88. The van der Waals surface area contributed by atoms with Crippen LogP contribution in [0, 0.1) is 11.8 Å². The number of aromatic nitrogens is 4. The Morgan fingerprint density at radius 2 is 1.86 bits per heavy atom. The molecule has 16 nitrogen and oxygen atoms in total. The van der Waals surface area contributed by atoms with Gasteiger partial charge in [0, 0.05) is 24.4 Å². The normalized spacial score (nSPS) is 25.8. The minimum atomic E-state index is -3.89. The fourth-order valence-electron chi connectivity index (χ4n) is 6.39. The van der Waals surface area contributed by atoms with Gasteiger partial charge in [0.15, 0.2) is 0 Å². The molecule has 3 N–H and O–H groups in total. The van der Waals surface area contributed by atoms with E-state index in [-0.39, 0.29) is 31.4 Å². The van der Waals surface area contributed by atoms with Gasteiger partial charge in [-0.25, -0.2) is 13.2 Å². The quantitative estimate of drug-likeness (QED) is 0.241. The Morgan fingerprint density at radius 3 is 2.44 bits per heavy atom. The van der Waals surface area contributed by atoms with E-state index in [1.807, 2.05) is 13.8 Å². The Labute approximate surface area is 290 Å². The number of carbonyl (C=O) groups is 4. The van der Waals surface area contributed by atoms with Crippen LogP contribution in [0.3, 0.4) is 0 Å². The third-order valence-corrected chi connectivity index (χ3v) is 12.1. The van der Waals surface area contributed by atoms with Crippen LogP contribution in [0.5, 0.6) is 5.75 Å². The van der Waals surface area contributed by atoms with E-state index < -0.39 is 68.7 Å². The second-order valence-corrected chi connectivity index (χ2v) is 15.7. The molecule has 2 aromatic rings. The molecule has 6 atom stereocenters. The van der Waals surface area contributed by atoms with E-state index in [0.717, 1.165) is 19.3 Å². The molecule has 4 fully saturated rings. The molecule has 4 aliphatic rings. The monoisotopic (exact) mass is 712 g/mol. The SMILES string of the molecule is C=C[C@@H]1C[C@]1(NC(=O)[C@@H]1C[C@@H](n2nnc(-c3ccc(OC)cc3)n2)CN1C(=O)[C@@H](NC(=O)OC1CCC1)C(C)CC)C(=O)NS(=O)(=O)C1CC1. The van der Waals surface area contributed by atoms with Crippen LogP contribution in [-0.2, 0) is 29.1 Å². The van der Waals surface area contributed by atoms with Crippen LogP contribution < -0.4 is 20.1 Å². The number of alkyl carbamates (subject to hydrolysis) is 1. The molecule has 4 amide bonds. The summed E-state index contributed by atoms with van der Waals surface area (Å²) in [6, 6.07) is 4.37. The summed E-state index contributed by atoms with van der Waals surface area (Å²) in [6.07, 6.45) is 4.77. The molecule has 0 bridgehead atoms. The molecule has 3 aliphatic carbocycles. The Hall–Kier alpha value is -4.54. The smallest absolute Gasteiger partial charge is 0.408 e. The molecule has 2 heterocycles. The number of hydrogen-bond donors (Lipinski definition) is 3. The number of amides is 4. The molecule has 50 heavy (non-hydrogen) atoms. The summed E-state index contributed by atoms with van der Waals surface area (Å²) in [5.41, 5.74) is -0.858. The van der Waals surface area contributed by atoms with Gasteiger partial charge in [-0.2, -0.15) is 4.80 Å². The lowest BCUT2D eigenvalue weighted by Gasteiger charge is -2.32. The van der Waals surface area contributed by atoms with Gasteiger partial charge in [-0.1, -0.05) is 26.3 Å². The standard InChI is InChI=1S/C33H44N8O8S/c1-5-19(3)27(34-32(45)49-24-8-7-9-24)30(43)40-18-22(41-37-28(36-39-41)20-10-12-23(48-4)13-11-20)16-26(40)29(42)35-33(17-21(33)6-2)31(44)38-50(46,47)25-14-15-25/h6,10-13,19,21-22,24-27H,2,5,7-9,14-18H2,1,3-4H3,(H,34,45)(H,35,42)(H,38,44)/t19?,21-,22-,26+,27+,33-/m1/s1. The minimum Gasteiger partial charge on any atom is -0.497 e. The second kappa shape index (κ2) is 14.0. The number of benzene rings is 1. The first-order valence-corrected chi connectivity index (χ1v) is 18.7. The van der Waals surface area contributed by atoms with Crippen molar-refractivity contribution >= 4 is 33.8 Å². The van der Waals surface area contributed by atoms with Gasteiger partial charge in [0.2, 0.25) is 27.7 Å².